The molecule has 0 amide bonds. The average Bonchev–Trinajstić information content (AvgIpc) is 3.60. The number of nitrogens with two attached hydrogens (primary N) is 1. The van der Waals surface area contributed by atoms with E-state index < -0.39 is 17.4 Å². The van der Waals surface area contributed by atoms with E-state index in [9.17, 15) is 14.4 Å². The molecule has 0 aromatic carbocycles. The third-order valence-corrected chi connectivity index (χ3v) is 15.0. The van der Waals surface area contributed by atoms with Crippen molar-refractivity contribution in [2.24, 2.45) is 62.4 Å². The molecule has 5 aliphatic rings. The van der Waals surface area contributed by atoms with Crippen molar-refractivity contribution in [3.05, 3.63) is 30.4 Å². The molecule has 242 valence electrons. The zero-order valence-electron chi connectivity index (χ0n) is 28.2. The highest BCUT2D eigenvalue weighted by Gasteiger charge is 2.72. The van der Waals surface area contributed by atoms with E-state index in [1.54, 1.807) is 17.1 Å². The van der Waals surface area contributed by atoms with E-state index in [4.69, 9.17) is 10.5 Å². The zero-order chi connectivity index (χ0) is 32.0. The van der Waals surface area contributed by atoms with Crippen LogP contribution in [0, 0.1) is 56.7 Å². The number of carbonyl (C=O) groups excluding carboxylic acids is 3. The van der Waals surface area contributed by atoms with Crippen molar-refractivity contribution >= 4 is 17.7 Å². The van der Waals surface area contributed by atoms with E-state index in [-0.39, 0.29) is 39.9 Å². The van der Waals surface area contributed by atoms with Crippen molar-refractivity contribution in [1.29, 1.82) is 0 Å². The summed E-state index contributed by atoms with van der Waals surface area (Å²) >= 11 is 0. The molecule has 7 nitrogen and oxygen atoms in total. The number of aromatic nitrogens is 2. The highest BCUT2D eigenvalue weighted by atomic mass is 16.5. The molecule has 1 heterocycles. The van der Waals surface area contributed by atoms with Crippen molar-refractivity contribution in [2.45, 2.75) is 118 Å². The third-order valence-electron chi connectivity index (χ3n) is 15.0. The van der Waals surface area contributed by atoms with Crippen LogP contribution >= 0.6 is 0 Å². The Morgan fingerprint density at radius 3 is 2.43 bits per heavy atom. The van der Waals surface area contributed by atoms with Crippen LogP contribution < -0.4 is 5.73 Å². The summed E-state index contributed by atoms with van der Waals surface area (Å²) in [7, 11) is 1.33. The fourth-order valence-corrected chi connectivity index (χ4v) is 12.6. The molecule has 10 atom stereocenters. The van der Waals surface area contributed by atoms with Crippen molar-refractivity contribution in [1.82, 2.24) is 9.55 Å². The number of imidazole rings is 1. The third kappa shape index (κ3) is 4.15. The van der Waals surface area contributed by atoms with Crippen LogP contribution in [-0.2, 0) is 20.7 Å². The Morgan fingerprint density at radius 2 is 1.75 bits per heavy atom. The number of carbonyl (C=O) groups is 3. The van der Waals surface area contributed by atoms with Crippen molar-refractivity contribution in [3.8, 4) is 0 Å². The van der Waals surface area contributed by atoms with Gasteiger partial charge in [-0.2, -0.15) is 0 Å². The lowest BCUT2D eigenvalue weighted by molar-refractivity contribution is -0.230. The Hall–Kier alpha value is -2.28. The number of fused-ring (bicyclic) bond motifs is 7. The first-order valence-electron chi connectivity index (χ1n) is 17.2. The Labute approximate surface area is 264 Å². The molecule has 5 saturated carbocycles. The monoisotopic (exact) mass is 605 g/mol. The van der Waals surface area contributed by atoms with Crippen LogP contribution in [0.15, 0.2) is 24.7 Å². The summed E-state index contributed by atoms with van der Waals surface area (Å²) in [6.45, 7) is 18.8. The molecule has 5 aliphatic carbocycles. The van der Waals surface area contributed by atoms with Crippen LogP contribution in [0.1, 0.15) is 116 Å². The van der Waals surface area contributed by atoms with Gasteiger partial charge in [0.1, 0.15) is 18.2 Å². The maximum Gasteiger partial charge on any atom is 0.323 e. The van der Waals surface area contributed by atoms with Gasteiger partial charge >= 0.3 is 5.97 Å². The van der Waals surface area contributed by atoms with Crippen LogP contribution in [0.4, 0.5) is 0 Å². The first-order chi connectivity index (χ1) is 20.6. The summed E-state index contributed by atoms with van der Waals surface area (Å²) in [4.78, 5) is 44.2. The molecule has 0 bridgehead atoms. The number of Topliss-reactive ketones (excluding diaryl/α,β-unsaturated/α-hetero) is 1. The molecule has 7 heteroatoms. The first kappa shape index (κ1) is 31.7. The Balaban J connectivity index is 1.34. The van der Waals surface area contributed by atoms with E-state index in [1.807, 2.05) is 0 Å². The van der Waals surface area contributed by atoms with E-state index in [1.165, 1.54) is 25.5 Å². The summed E-state index contributed by atoms with van der Waals surface area (Å²) in [5, 5.41) is 0. The van der Waals surface area contributed by atoms with Gasteiger partial charge in [0.05, 0.1) is 18.2 Å². The fourth-order valence-electron chi connectivity index (χ4n) is 12.6. The number of allylic oxidation sites excluding steroid dienone is 1. The van der Waals surface area contributed by atoms with Crippen LogP contribution in [0.3, 0.4) is 0 Å². The predicted octanol–water partition coefficient (Wildman–Crippen LogP) is 6.79. The number of hydrogen-bond acceptors (Lipinski definition) is 6. The highest BCUT2D eigenvalue weighted by molar-refractivity contribution is 5.86. The van der Waals surface area contributed by atoms with E-state index in [0.29, 0.717) is 41.6 Å². The van der Waals surface area contributed by atoms with Gasteiger partial charge in [-0.15, -0.1) is 0 Å². The van der Waals surface area contributed by atoms with Gasteiger partial charge in [-0.25, -0.2) is 4.98 Å². The van der Waals surface area contributed by atoms with Crippen molar-refractivity contribution < 1.29 is 19.1 Å². The maximum absolute atomic E-state index is 14.7. The van der Waals surface area contributed by atoms with Crippen molar-refractivity contribution in [2.75, 3.05) is 7.11 Å². The van der Waals surface area contributed by atoms with E-state index in [2.05, 4.69) is 53.1 Å². The van der Waals surface area contributed by atoms with Gasteiger partial charge in [0, 0.05) is 24.5 Å². The lowest BCUT2D eigenvalue weighted by Gasteiger charge is -2.72. The lowest BCUT2D eigenvalue weighted by atomic mass is 9.32. The molecule has 1 aromatic rings. The minimum Gasteiger partial charge on any atom is -0.468 e. The van der Waals surface area contributed by atoms with Crippen LogP contribution in [-0.4, -0.2) is 40.4 Å². The Bertz CT molecular complexity index is 1380. The summed E-state index contributed by atoms with van der Waals surface area (Å²) < 4.78 is 6.48. The van der Waals surface area contributed by atoms with Gasteiger partial charge in [0.25, 0.3) is 0 Å². The van der Waals surface area contributed by atoms with Gasteiger partial charge in [0.2, 0.25) is 5.91 Å². The van der Waals surface area contributed by atoms with Crippen LogP contribution in [0.25, 0.3) is 0 Å². The molecule has 2 N–H and O–H groups in total. The van der Waals surface area contributed by atoms with Gasteiger partial charge in [-0.3, -0.25) is 19.0 Å². The molecule has 0 saturated heterocycles. The normalized spacial score (nSPS) is 43.2. The molecule has 6 rings (SSSR count). The molecule has 1 aromatic heterocycles. The number of rotatable bonds is 5. The van der Waals surface area contributed by atoms with Gasteiger partial charge in [0.15, 0.2) is 0 Å². The summed E-state index contributed by atoms with van der Waals surface area (Å²) in [6.07, 6.45) is 13.8. The minimum absolute atomic E-state index is 0.120. The SMILES string of the molecule is C=C(C)[C@@H]1CC[C@]2(C(=O)n3cnc(C[C@@H](N)C(=O)OC)c3)CC[C@]3(C)[C@H](CC[C@@H]4[C@@]5(C)CCC(=O)C(C)(C)[C@@H]5CC[C@]43C)[C@@H]12. The van der Waals surface area contributed by atoms with E-state index in [0.717, 1.165) is 44.9 Å². The molecule has 0 radical (unpaired) electrons. The molecule has 44 heavy (non-hydrogen) atoms. The molecule has 5 fully saturated rings. The number of hydrogen-bond donors (Lipinski definition) is 1. The molecular weight excluding hydrogens is 550 g/mol. The predicted molar refractivity (Wildman–Crippen MR) is 171 cm³/mol. The zero-order valence-corrected chi connectivity index (χ0v) is 28.2. The second kappa shape index (κ2) is 10.4. The quantitative estimate of drug-likeness (QED) is 0.293. The number of nitrogens with zero attached hydrogens (tertiary/aromatic N) is 2. The largest absolute Gasteiger partial charge is 0.468 e. The fraction of sp³-hybridized carbons (Fsp3) is 0.784. The van der Waals surface area contributed by atoms with Gasteiger partial charge in [-0.1, -0.05) is 46.8 Å². The van der Waals surface area contributed by atoms with Crippen LogP contribution in [0.2, 0.25) is 0 Å². The van der Waals surface area contributed by atoms with Gasteiger partial charge < -0.3 is 10.5 Å². The van der Waals surface area contributed by atoms with Crippen LogP contribution in [0.5, 0.6) is 0 Å². The lowest BCUT2D eigenvalue weighted by Crippen LogP contribution is -2.66. The second-order valence-electron chi connectivity index (χ2n) is 16.9. The smallest absolute Gasteiger partial charge is 0.323 e. The average molecular weight is 606 g/mol. The molecule has 0 unspecified atom stereocenters. The Morgan fingerprint density at radius 1 is 1.02 bits per heavy atom. The maximum atomic E-state index is 14.7. The molecular formula is C37H55N3O4. The topological polar surface area (TPSA) is 104 Å². The number of ketones is 1. The van der Waals surface area contributed by atoms with Crippen molar-refractivity contribution in [3.63, 3.8) is 0 Å². The highest BCUT2D eigenvalue weighted by Crippen LogP contribution is 2.77. The molecule has 0 aliphatic heterocycles. The van der Waals surface area contributed by atoms with E-state index >= 15 is 0 Å². The van der Waals surface area contributed by atoms with Gasteiger partial charge in [-0.05, 0) is 111 Å². The second-order valence-corrected chi connectivity index (χ2v) is 16.9. The summed E-state index contributed by atoms with van der Waals surface area (Å²) in [5.41, 5.74) is 7.62. The first-order valence-corrected chi connectivity index (χ1v) is 17.2. The summed E-state index contributed by atoms with van der Waals surface area (Å²) in [6, 6.07) is -0.806. The summed E-state index contributed by atoms with van der Waals surface area (Å²) in [5.74, 6) is 2.18. The number of methoxy groups -OCH3 is 1. The number of esters is 1. The Kier molecular flexibility index (Phi) is 7.47. The standard InChI is InChI=1S/C37H55N3O4/c1-22(2)24-11-16-37(32(43)40-20-23(39-21-40)19-26(38)31(42)44-8)18-17-35(6)25(30(24)37)9-10-28-34(5)14-13-29(41)33(3,4)27(34)12-15-36(28,35)7/h20-21,24-28,30H,1,9-19,38H2,2-8H3/t24-,25+,26+,27-,28+,30+,34-,35+,36+,37-/m0/s1. The minimum atomic E-state index is -0.806. The number of ether oxygens (including phenoxy) is 1. The molecule has 0 spiro atoms.